The average molecular weight is 358 g/mol. The van der Waals surface area contributed by atoms with E-state index < -0.39 is 18.0 Å². The van der Waals surface area contributed by atoms with Crippen molar-refractivity contribution in [3.8, 4) is 0 Å². The summed E-state index contributed by atoms with van der Waals surface area (Å²) in [6, 6.07) is 7.39. The molecule has 22 heavy (non-hydrogen) atoms. The van der Waals surface area contributed by atoms with Gasteiger partial charge in [0.2, 0.25) is 0 Å². The molecule has 6 nitrogen and oxygen atoms in total. The second kappa shape index (κ2) is 4.48. The van der Waals surface area contributed by atoms with Gasteiger partial charge in [-0.2, -0.15) is 0 Å². The van der Waals surface area contributed by atoms with Crippen molar-refractivity contribution in [1.29, 1.82) is 0 Å². The second-order valence-electron chi connectivity index (χ2n) is 4.99. The molecule has 108 valence electrons. The molecule has 0 aromatic heterocycles. The van der Waals surface area contributed by atoms with E-state index in [2.05, 4.69) is 26.2 Å². The topological polar surface area (TPSA) is 78.8 Å². The molecular formula is C15H8BrN3O3. The third-order valence-corrected chi connectivity index (χ3v) is 4.48. The SMILES string of the molecule is O=C1N=CC(N2C(=O)c3cccc4c(Br)ccc2c34)C(=O)N1. The number of amides is 4. The van der Waals surface area contributed by atoms with E-state index in [-0.39, 0.29) is 5.91 Å². The van der Waals surface area contributed by atoms with Crippen LogP contribution in [-0.4, -0.2) is 30.1 Å². The second-order valence-corrected chi connectivity index (χ2v) is 5.84. The van der Waals surface area contributed by atoms with Gasteiger partial charge in [0.05, 0.1) is 5.69 Å². The van der Waals surface area contributed by atoms with Crippen LogP contribution < -0.4 is 10.2 Å². The first-order valence-corrected chi connectivity index (χ1v) is 7.31. The highest BCUT2D eigenvalue weighted by Crippen LogP contribution is 2.41. The summed E-state index contributed by atoms with van der Waals surface area (Å²) in [5.74, 6) is -0.836. The average Bonchev–Trinajstić information content (AvgIpc) is 2.78. The Morgan fingerprint density at radius 1 is 1.14 bits per heavy atom. The minimum absolute atomic E-state index is 0.278. The Hall–Kier alpha value is -2.54. The quantitative estimate of drug-likeness (QED) is 0.849. The zero-order valence-electron chi connectivity index (χ0n) is 11.0. The molecule has 4 amide bonds. The van der Waals surface area contributed by atoms with Gasteiger partial charge in [-0.1, -0.05) is 28.1 Å². The van der Waals surface area contributed by atoms with Crippen molar-refractivity contribution >= 4 is 56.4 Å². The number of hydrogen-bond acceptors (Lipinski definition) is 3. The van der Waals surface area contributed by atoms with Crippen LogP contribution in [0.4, 0.5) is 10.5 Å². The van der Waals surface area contributed by atoms with E-state index in [1.54, 1.807) is 18.2 Å². The maximum absolute atomic E-state index is 12.7. The Balaban J connectivity index is 1.94. The molecule has 0 fully saturated rings. The molecule has 1 N–H and O–H groups in total. The lowest BCUT2D eigenvalue weighted by atomic mass is 10.1. The van der Waals surface area contributed by atoms with Crippen molar-refractivity contribution in [3.05, 3.63) is 40.4 Å². The minimum atomic E-state index is -0.929. The molecule has 2 aromatic rings. The number of anilines is 1. The van der Waals surface area contributed by atoms with Crippen molar-refractivity contribution in [2.45, 2.75) is 6.04 Å². The minimum Gasteiger partial charge on any atom is -0.290 e. The predicted molar refractivity (Wildman–Crippen MR) is 84.3 cm³/mol. The van der Waals surface area contributed by atoms with Crippen LogP contribution in [-0.2, 0) is 4.79 Å². The number of rotatable bonds is 1. The zero-order valence-corrected chi connectivity index (χ0v) is 12.6. The zero-order chi connectivity index (χ0) is 15.4. The molecule has 2 heterocycles. The molecule has 0 radical (unpaired) electrons. The fraction of sp³-hybridized carbons (Fsp3) is 0.0667. The Bertz CT molecular complexity index is 906. The standard InChI is InChI=1S/C15H8BrN3O3/c16-9-4-5-10-12-7(9)2-1-3-8(12)14(21)19(10)11-6-17-15(22)18-13(11)20/h1-6,11H,(H,18,20,22). The van der Waals surface area contributed by atoms with Gasteiger partial charge in [-0.05, 0) is 23.6 Å². The Morgan fingerprint density at radius 3 is 2.73 bits per heavy atom. The number of imide groups is 1. The van der Waals surface area contributed by atoms with Crippen molar-refractivity contribution < 1.29 is 14.4 Å². The number of aliphatic imine (C=N–C) groups is 1. The van der Waals surface area contributed by atoms with Crippen LogP contribution in [0.15, 0.2) is 39.8 Å². The largest absolute Gasteiger partial charge is 0.347 e. The fourth-order valence-corrected chi connectivity index (χ4v) is 3.31. The van der Waals surface area contributed by atoms with Gasteiger partial charge in [0.15, 0.2) is 6.04 Å². The molecule has 0 spiro atoms. The van der Waals surface area contributed by atoms with Gasteiger partial charge in [0, 0.05) is 21.6 Å². The lowest BCUT2D eigenvalue weighted by Crippen LogP contribution is -2.53. The highest BCUT2D eigenvalue weighted by atomic mass is 79.9. The van der Waals surface area contributed by atoms with Crippen molar-refractivity contribution in [3.63, 3.8) is 0 Å². The molecule has 7 heteroatoms. The number of halogens is 1. The monoisotopic (exact) mass is 357 g/mol. The van der Waals surface area contributed by atoms with Crippen LogP contribution in [0.3, 0.4) is 0 Å². The number of urea groups is 1. The summed E-state index contributed by atoms with van der Waals surface area (Å²) < 4.78 is 0.875. The summed E-state index contributed by atoms with van der Waals surface area (Å²) in [5, 5.41) is 3.81. The molecule has 0 saturated carbocycles. The highest BCUT2D eigenvalue weighted by Gasteiger charge is 2.39. The van der Waals surface area contributed by atoms with E-state index >= 15 is 0 Å². The molecule has 2 aliphatic heterocycles. The Kier molecular flexibility index (Phi) is 2.67. The summed E-state index contributed by atoms with van der Waals surface area (Å²) >= 11 is 3.47. The molecule has 0 bridgehead atoms. The number of carbonyl (C=O) groups excluding carboxylic acids is 3. The normalized spacial score (nSPS) is 20.0. The van der Waals surface area contributed by atoms with E-state index in [1.165, 1.54) is 11.1 Å². The van der Waals surface area contributed by atoms with Crippen LogP contribution in [0.2, 0.25) is 0 Å². The van der Waals surface area contributed by atoms with E-state index in [1.807, 2.05) is 12.1 Å². The first-order valence-electron chi connectivity index (χ1n) is 6.52. The van der Waals surface area contributed by atoms with Crippen molar-refractivity contribution in [2.75, 3.05) is 4.90 Å². The number of carbonyl (C=O) groups is 3. The molecule has 0 aliphatic carbocycles. The first-order chi connectivity index (χ1) is 10.6. The smallest absolute Gasteiger partial charge is 0.290 e. The fourth-order valence-electron chi connectivity index (χ4n) is 2.85. The third kappa shape index (κ3) is 1.66. The van der Waals surface area contributed by atoms with Gasteiger partial charge in [-0.25, -0.2) is 9.79 Å². The predicted octanol–water partition coefficient (Wildman–Crippen LogP) is 2.25. The van der Waals surface area contributed by atoms with Crippen LogP contribution in [0.5, 0.6) is 0 Å². The number of nitrogens with one attached hydrogen (secondary N) is 1. The van der Waals surface area contributed by atoms with Gasteiger partial charge >= 0.3 is 6.03 Å². The first kappa shape index (κ1) is 13.1. The highest BCUT2D eigenvalue weighted by molar-refractivity contribution is 9.10. The van der Waals surface area contributed by atoms with Crippen molar-refractivity contribution in [1.82, 2.24) is 5.32 Å². The summed E-state index contributed by atoms with van der Waals surface area (Å²) in [5.41, 5.74) is 1.17. The number of nitrogens with zero attached hydrogens (tertiary/aromatic N) is 2. The summed E-state index contributed by atoms with van der Waals surface area (Å²) in [4.78, 5) is 40.8. The number of hydrogen-bond donors (Lipinski definition) is 1. The Morgan fingerprint density at radius 2 is 1.95 bits per heavy atom. The van der Waals surface area contributed by atoms with Gasteiger partial charge in [-0.15, -0.1) is 0 Å². The summed E-state index contributed by atoms with van der Waals surface area (Å²) in [7, 11) is 0. The maximum Gasteiger partial charge on any atom is 0.347 e. The lowest BCUT2D eigenvalue weighted by molar-refractivity contribution is -0.119. The molecule has 1 atom stereocenters. The van der Waals surface area contributed by atoms with E-state index in [4.69, 9.17) is 0 Å². The molecule has 2 aliphatic rings. The van der Waals surface area contributed by atoms with Gasteiger partial charge in [0.1, 0.15) is 0 Å². The molecule has 4 rings (SSSR count). The molecular weight excluding hydrogens is 350 g/mol. The number of benzene rings is 2. The van der Waals surface area contributed by atoms with Gasteiger partial charge in [-0.3, -0.25) is 19.8 Å². The Labute approximate surface area is 132 Å². The maximum atomic E-state index is 12.7. The van der Waals surface area contributed by atoms with E-state index in [0.29, 0.717) is 11.3 Å². The molecule has 1 unspecified atom stereocenters. The lowest BCUT2D eigenvalue weighted by Gasteiger charge is -2.26. The van der Waals surface area contributed by atoms with Gasteiger partial charge < -0.3 is 0 Å². The van der Waals surface area contributed by atoms with Crippen LogP contribution >= 0.6 is 15.9 Å². The van der Waals surface area contributed by atoms with Crippen LogP contribution in [0.25, 0.3) is 10.8 Å². The summed E-state index contributed by atoms with van der Waals surface area (Å²) in [6.07, 6.45) is 1.21. The summed E-state index contributed by atoms with van der Waals surface area (Å²) in [6.45, 7) is 0. The molecule has 0 saturated heterocycles. The van der Waals surface area contributed by atoms with Gasteiger partial charge in [0.25, 0.3) is 11.8 Å². The van der Waals surface area contributed by atoms with Crippen LogP contribution in [0.1, 0.15) is 10.4 Å². The van der Waals surface area contributed by atoms with Crippen LogP contribution in [0, 0.1) is 0 Å². The van der Waals surface area contributed by atoms with E-state index in [0.717, 1.165) is 15.2 Å². The third-order valence-electron chi connectivity index (χ3n) is 3.78. The van der Waals surface area contributed by atoms with Crippen molar-refractivity contribution in [2.24, 2.45) is 4.99 Å². The van der Waals surface area contributed by atoms with E-state index in [9.17, 15) is 14.4 Å². The molecule has 2 aromatic carbocycles.